The highest BCUT2D eigenvalue weighted by atomic mass is 19.4. The van der Waals surface area contributed by atoms with E-state index in [0.29, 0.717) is 17.8 Å². The maximum Gasteiger partial charge on any atom is 0.421 e. The number of benzene rings is 2. The third-order valence-electron chi connectivity index (χ3n) is 4.55. The van der Waals surface area contributed by atoms with Crippen molar-refractivity contribution in [3.05, 3.63) is 71.7 Å². The number of halogens is 4. The Balaban J connectivity index is 1.87. The predicted octanol–water partition coefficient (Wildman–Crippen LogP) is 6.64. The lowest BCUT2D eigenvalue weighted by Crippen LogP contribution is -2.12. The molecule has 3 aromatic rings. The van der Waals surface area contributed by atoms with Crippen LogP contribution in [0.4, 0.5) is 40.7 Å². The van der Waals surface area contributed by atoms with Gasteiger partial charge in [-0.1, -0.05) is 26.0 Å². The number of aromatic nitrogens is 2. The lowest BCUT2D eigenvalue weighted by molar-refractivity contribution is -0.137. The maximum atomic E-state index is 13.3. The molecule has 0 bridgehead atoms. The van der Waals surface area contributed by atoms with E-state index in [0.717, 1.165) is 18.6 Å². The smallest absolute Gasteiger partial charge is 0.340 e. The van der Waals surface area contributed by atoms with Crippen molar-refractivity contribution in [2.75, 3.05) is 10.6 Å². The predicted molar refractivity (Wildman–Crippen MR) is 105 cm³/mol. The van der Waals surface area contributed by atoms with Gasteiger partial charge in [-0.25, -0.2) is 9.37 Å². The third kappa shape index (κ3) is 5.22. The van der Waals surface area contributed by atoms with E-state index >= 15 is 0 Å². The van der Waals surface area contributed by atoms with Gasteiger partial charge >= 0.3 is 6.18 Å². The first-order chi connectivity index (χ1) is 13.8. The largest absolute Gasteiger partial charge is 0.421 e. The van der Waals surface area contributed by atoms with Gasteiger partial charge in [0.2, 0.25) is 5.95 Å². The van der Waals surface area contributed by atoms with E-state index in [2.05, 4.69) is 34.4 Å². The highest BCUT2D eigenvalue weighted by Crippen LogP contribution is 2.35. The molecule has 1 aromatic heterocycles. The minimum absolute atomic E-state index is 0.0129. The lowest BCUT2D eigenvalue weighted by atomic mass is 9.99. The zero-order valence-corrected chi connectivity index (χ0v) is 15.9. The molecule has 8 heteroatoms. The lowest BCUT2D eigenvalue weighted by Gasteiger charge is -2.15. The van der Waals surface area contributed by atoms with Crippen LogP contribution in [0.15, 0.2) is 54.7 Å². The zero-order valence-electron chi connectivity index (χ0n) is 15.9. The second-order valence-corrected chi connectivity index (χ2v) is 6.64. The molecule has 0 fully saturated rings. The summed E-state index contributed by atoms with van der Waals surface area (Å²) >= 11 is 0. The molecule has 3 rings (SSSR count). The van der Waals surface area contributed by atoms with E-state index in [1.165, 1.54) is 17.7 Å². The van der Waals surface area contributed by atoms with Crippen LogP contribution in [0.3, 0.4) is 0 Å². The number of alkyl halides is 3. The van der Waals surface area contributed by atoms with Crippen LogP contribution in [0.5, 0.6) is 0 Å². The van der Waals surface area contributed by atoms with Crippen LogP contribution in [0.2, 0.25) is 0 Å². The first-order valence-electron chi connectivity index (χ1n) is 9.10. The molecule has 2 N–H and O–H groups in total. The van der Waals surface area contributed by atoms with Crippen molar-refractivity contribution in [3.63, 3.8) is 0 Å². The quantitative estimate of drug-likeness (QED) is 0.453. The fourth-order valence-corrected chi connectivity index (χ4v) is 2.67. The van der Waals surface area contributed by atoms with Gasteiger partial charge in [-0.15, -0.1) is 0 Å². The van der Waals surface area contributed by atoms with Crippen LogP contribution < -0.4 is 10.6 Å². The second kappa shape index (κ2) is 8.46. The molecule has 0 aliphatic carbocycles. The van der Waals surface area contributed by atoms with Crippen molar-refractivity contribution >= 4 is 23.1 Å². The van der Waals surface area contributed by atoms with Gasteiger partial charge in [-0.2, -0.15) is 18.2 Å². The Hall–Kier alpha value is -3.16. The Morgan fingerprint density at radius 2 is 1.52 bits per heavy atom. The first-order valence-corrected chi connectivity index (χ1v) is 9.10. The average Bonchev–Trinajstić information content (AvgIpc) is 2.69. The number of nitrogens with one attached hydrogen (secondary N) is 2. The van der Waals surface area contributed by atoms with E-state index in [4.69, 9.17) is 0 Å². The summed E-state index contributed by atoms with van der Waals surface area (Å²) in [6.07, 6.45) is -2.92. The summed E-state index contributed by atoms with van der Waals surface area (Å²) in [5.41, 5.74) is 1.09. The number of hydrogen-bond donors (Lipinski definition) is 2. The molecular weight excluding hydrogens is 384 g/mol. The molecule has 29 heavy (non-hydrogen) atoms. The highest BCUT2D eigenvalue weighted by Gasteiger charge is 2.35. The number of rotatable bonds is 6. The van der Waals surface area contributed by atoms with Crippen molar-refractivity contribution in [1.29, 1.82) is 0 Å². The molecule has 0 spiro atoms. The van der Waals surface area contributed by atoms with Crippen LogP contribution in [-0.2, 0) is 6.18 Å². The number of nitrogens with zero attached hydrogens (tertiary/aromatic N) is 2. The normalized spacial score (nSPS) is 12.5. The van der Waals surface area contributed by atoms with E-state index in [-0.39, 0.29) is 11.6 Å². The number of hydrogen-bond acceptors (Lipinski definition) is 4. The fraction of sp³-hybridized carbons (Fsp3) is 0.238. The maximum absolute atomic E-state index is 13.3. The van der Waals surface area contributed by atoms with Gasteiger partial charge in [-0.05, 0) is 54.3 Å². The van der Waals surface area contributed by atoms with Crippen molar-refractivity contribution in [2.45, 2.75) is 32.4 Å². The van der Waals surface area contributed by atoms with Crippen LogP contribution in [-0.4, -0.2) is 9.97 Å². The molecule has 0 saturated heterocycles. The molecule has 1 atom stereocenters. The van der Waals surface area contributed by atoms with Crippen molar-refractivity contribution in [2.24, 2.45) is 0 Å². The Bertz CT molecular complexity index is 954. The topological polar surface area (TPSA) is 49.8 Å². The van der Waals surface area contributed by atoms with Crippen molar-refractivity contribution in [3.8, 4) is 0 Å². The minimum atomic E-state index is -4.64. The van der Waals surface area contributed by atoms with Gasteiger partial charge in [0.1, 0.15) is 17.2 Å². The van der Waals surface area contributed by atoms with Gasteiger partial charge in [0.05, 0.1) is 0 Å². The Morgan fingerprint density at radius 1 is 0.931 bits per heavy atom. The van der Waals surface area contributed by atoms with Crippen LogP contribution in [0, 0.1) is 5.82 Å². The van der Waals surface area contributed by atoms with E-state index < -0.39 is 23.4 Å². The summed E-state index contributed by atoms with van der Waals surface area (Å²) in [7, 11) is 0. The van der Waals surface area contributed by atoms with Crippen molar-refractivity contribution in [1.82, 2.24) is 9.97 Å². The third-order valence-corrected chi connectivity index (χ3v) is 4.55. The number of anilines is 4. The molecule has 152 valence electrons. The Morgan fingerprint density at radius 3 is 2.10 bits per heavy atom. The van der Waals surface area contributed by atoms with Gasteiger partial charge in [-0.3, -0.25) is 0 Å². The summed E-state index contributed by atoms with van der Waals surface area (Å²) < 4.78 is 53.0. The summed E-state index contributed by atoms with van der Waals surface area (Å²) in [6.45, 7) is 4.22. The first kappa shape index (κ1) is 20.6. The van der Waals surface area contributed by atoms with Crippen molar-refractivity contribution < 1.29 is 17.6 Å². The molecule has 2 aromatic carbocycles. The molecular formula is C21H20F4N4. The molecule has 4 nitrogen and oxygen atoms in total. The second-order valence-electron chi connectivity index (χ2n) is 6.64. The van der Waals surface area contributed by atoms with E-state index in [1.807, 2.05) is 24.3 Å². The molecule has 1 heterocycles. The van der Waals surface area contributed by atoms with Gasteiger partial charge < -0.3 is 10.6 Å². The Labute approximate surface area is 166 Å². The fourth-order valence-electron chi connectivity index (χ4n) is 2.67. The van der Waals surface area contributed by atoms with Crippen LogP contribution in [0.25, 0.3) is 0 Å². The average molecular weight is 404 g/mol. The summed E-state index contributed by atoms with van der Waals surface area (Å²) in [4.78, 5) is 7.77. The molecule has 1 unspecified atom stereocenters. The molecule has 0 aliphatic heterocycles. The van der Waals surface area contributed by atoms with Gasteiger partial charge in [0, 0.05) is 17.6 Å². The molecule has 0 aliphatic rings. The van der Waals surface area contributed by atoms with Crippen LogP contribution in [0.1, 0.15) is 37.3 Å². The highest BCUT2D eigenvalue weighted by molar-refractivity contribution is 5.63. The van der Waals surface area contributed by atoms with E-state index in [9.17, 15) is 17.6 Å². The standard InChI is InChI=1S/C21H20F4N4/c1-3-13(2)14-4-8-17(9-5-14)28-20-26-12-18(21(23,24)25)19(29-20)27-16-10-6-15(22)7-11-16/h4-13H,3H2,1-2H3,(H2,26,27,28,29). The van der Waals surface area contributed by atoms with Gasteiger partial charge in [0.25, 0.3) is 0 Å². The zero-order chi connectivity index (χ0) is 21.0. The van der Waals surface area contributed by atoms with E-state index in [1.54, 1.807) is 0 Å². The molecule has 0 amide bonds. The SMILES string of the molecule is CCC(C)c1ccc(Nc2ncc(C(F)(F)F)c(Nc3ccc(F)cc3)n2)cc1. The summed E-state index contributed by atoms with van der Waals surface area (Å²) in [5, 5.41) is 5.50. The molecule has 0 radical (unpaired) electrons. The minimum Gasteiger partial charge on any atom is -0.340 e. The summed E-state index contributed by atoms with van der Waals surface area (Å²) in [6, 6.07) is 12.5. The monoisotopic (exact) mass is 404 g/mol. The molecule has 0 saturated carbocycles. The van der Waals surface area contributed by atoms with Gasteiger partial charge in [0.15, 0.2) is 0 Å². The summed E-state index contributed by atoms with van der Waals surface area (Å²) in [5.74, 6) is -0.480. The Kier molecular flexibility index (Phi) is 6.00. The van der Waals surface area contributed by atoms with Crippen LogP contribution >= 0.6 is 0 Å².